The minimum atomic E-state index is -2.46. The lowest BCUT2D eigenvalue weighted by molar-refractivity contribution is -0.131. The molecule has 2 N–H and O–H groups in total. The van der Waals surface area contributed by atoms with Gasteiger partial charge in [0.15, 0.2) is 0 Å². The number of halogens is 2. The first-order chi connectivity index (χ1) is 6.07. The highest BCUT2D eigenvalue weighted by atomic mass is 19.3. The van der Waals surface area contributed by atoms with E-state index in [0.29, 0.717) is 19.4 Å². The Hall–Kier alpha value is -0.710. The van der Waals surface area contributed by atoms with Crippen LogP contribution in [0.5, 0.6) is 0 Å². The zero-order valence-corrected chi connectivity index (χ0v) is 7.80. The molecule has 0 unspecified atom stereocenters. The molecule has 0 aromatic heterocycles. The standard InChI is InChI=1S/C8H16F2N2O/c1-12(6-7(9)10)8(13)4-2-3-5-11/h7H,2-6,11H2,1H3. The first-order valence-corrected chi connectivity index (χ1v) is 4.30. The van der Waals surface area contributed by atoms with Crippen LogP contribution >= 0.6 is 0 Å². The third-order valence-corrected chi connectivity index (χ3v) is 1.68. The van der Waals surface area contributed by atoms with Gasteiger partial charge < -0.3 is 10.6 Å². The summed E-state index contributed by atoms with van der Waals surface area (Å²) in [6.45, 7) is 0.0489. The Bertz CT molecular complexity index is 153. The Morgan fingerprint density at radius 1 is 1.46 bits per heavy atom. The van der Waals surface area contributed by atoms with E-state index >= 15 is 0 Å². The van der Waals surface area contributed by atoms with Crippen molar-refractivity contribution in [2.45, 2.75) is 25.7 Å². The molecule has 0 rings (SSSR count). The van der Waals surface area contributed by atoms with Crippen LogP contribution in [-0.4, -0.2) is 37.4 Å². The van der Waals surface area contributed by atoms with Gasteiger partial charge in [0.05, 0.1) is 6.54 Å². The van der Waals surface area contributed by atoms with Gasteiger partial charge in [0.1, 0.15) is 0 Å². The van der Waals surface area contributed by atoms with Crippen LogP contribution in [0.1, 0.15) is 19.3 Å². The third kappa shape index (κ3) is 6.45. The number of unbranched alkanes of at least 4 members (excludes halogenated alkanes) is 1. The maximum atomic E-state index is 11.8. The molecule has 0 heterocycles. The normalized spacial score (nSPS) is 10.5. The van der Waals surface area contributed by atoms with E-state index in [0.717, 1.165) is 11.3 Å². The summed E-state index contributed by atoms with van der Waals surface area (Å²) in [5.41, 5.74) is 5.23. The number of carbonyl (C=O) groups is 1. The first-order valence-electron chi connectivity index (χ1n) is 4.30. The van der Waals surface area contributed by atoms with E-state index in [2.05, 4.69) is 0 Å². The fourth-order valence-electron chi connectivity index (χ4n) is 0.920. The Balaban J connectivity index is 3.57. The van der Waals surface area contributed by atoms with Crippen molar-refractivity contribution < 1.29 is 13.6 Å². The van der Waals surface area contributed by atoms with Crippen molar-refractivity contribution in [3.8, 4) is 0 Å². The van der Waals surface area contributed by atoms with Gasteiger partial charge in [-0.2, -0.15) is 0 Å². The number of amides is 1. The molecule has 0 aromatic carbocycles. The summed E-state index contributed by atoms with van der Waals surface area (Å²) >= 11 is 0. The molecule has 0 atom stereocenters. The van der Waals surface area contributed by atoms with Crippen LogP contribution < -0.4 is 5.73 Å². The van der Waals surface area contributed by atoms with Gasteiger partial charge in [-0.05, 0) is 19.4 Å². The van der Waals surface area contributed by atoms with Crippen LogP contribution in [-0.2, 0) is 4.79 Å². The van der Waals surface area contributed by atoms with Crippen LogP contribution in [0.3, 0.4) is 0 Å². The van der Waals surface area contributed by atoms with Gasteiger partial charge in [0.25, 0.3) is 6.43 Å². The second-order valence-corrected chi connectivity index (χ2v) is 2.91. The van der Waals surface area contributed by atoms with E-state index in [1.165, 1.54) is 7.05 Å². The number of hydrogen-bond acceptors (Lipinski definition) is 2. The molecule has 78 valence electrons. The summed E-state index contributed by atoms with van der Waals surface area (Å²) in [6.07, 6.45) is -0.721. The molecule has 5 heteroatoms. The van der Waals surface area contributed by atoms with E-state index in [4.69, 9.17) is 5.73 Å². The Morgan fingerprint density at radius 3 is 2.54 bits per heavy atom. The van der Waals surface area contributed by atoms with Crippen molar-refractivity contribution in [3.05, 3.63) is 0 Å². The highest BCUT2D eigenvalue weighted by molar-refractivity contribution is 5.75. The fourth-order valence-corrected chi connectivity index (χ4v) is 0.920. The molecule has 0 fully saturated rings. The largest absolute Gasteiger partial charge is 0.340 e. The van der Waals surface area contributed by atoms with Crippen LogP contribution in [0.4, 0.5) is 8.78 Å². The van der Waals surface area contributed by atoms with Crippen molar-refractivity contribution in [2.75, 3.05) is 20.1 Å². The van der Waals surface area contributed by atoms with Crippen molar-refractivity contribution >= 4 is 5.91 Å². The minimum Gasteiger partial charge on any atom is -0.340 e. The molecule has 3 nitrogen and oxygen atoms in total. The Kier molecular flexibility index (Phi) is 6.40. The maximum absolute atomic E-state index is 11.8. The Labute approximate surface area is 76.9 Å². The zero-order valence-electron chi connectivity index (χ0n) is 7.80. The number of rotatable bonds is 6. The number of hydrogen-bond donors (Lipinski definition) is 1. The molecular weight excluding hydrogens is 178 g/mol. The van der Waals surface area contributed by atoms with Gasteiger partial charge in [0, 0.05) is 13.5 Å². The number of alkyl halides is 2. The zero-order chi connectivity index (χ0) is 10.3. The van der Waals surface area contributed by atoms with Crippen molar-refractivity contribution in [1.29, 1.82) is 0 Å². The predicted molar refractivity (Wildman–Crippen MR) is 46.5 cm³/mol. The second kappa shape index (κ2) is 6.77. The number of carbonyl (C=O) groups excluding carboxylic acids is 1. The van der Waals surface area contributed by atoms with E-state index in [1.54, 1.807) is 0 Å². The van der Waals surface area contributed by atoms with Gasteiger partial charge >= 0.3 is 0 Å². The number of nitrogens with two attached hydrogens (primary N) is 1. The Morgan fingerprint density at radius 2 is 2.08 bits per heavy atom. The molecule has 0 radical (unpaired) electrons. The molecule has 0 aliphatic rings. The second-order valence-electron chi connectivity index (χ2n) is 2.91. The van der Waals surface area contributed by atoms with E-state index < -0.39 is 13.0 Å². The average molecular weight is 194 g/mol. The van der Waals surface area contributed by atoms with Crippen molar-refractivity contribution in [3.63, 3.8) is 0 Å². The molecular formula is C8H16F2N2O. The molecule has 13 heavy (non-hydrogen) atoms. The first kappa shape index (κ1) is 12.3. The quantitative estimate of drug-likeness (QED) is 0.637. The smallest absolute Gasteiger partial charge is 0.255 e. The topological polar surface area (TPSA) is 46.3 Å². The summed E-state index contributed by atoms with van der Waals surface area (Å²) in [5.74, 6) is -0.242. The fraction of sp³-hybridized carbons (Fsp3) is 0.875. The molecule has 0 aliphatic carbocycles. The molecule has 0 saturated heterocycles. The van der Waals surface area contributed by atoms with Crippen LogP contribution in [0, 0.1) is 0 Å². The summed E-state index contributed by atoms with van der Waals surface area (Å²) in [4.78, 5) is 12.2. The summed E-state index contributed by atoms with van der Waals surface area (Å²) in [5, 5.41) is 0. The lowest BCUT2D eigenvalue weighted by Gasteiger charge is -2.15. The molecule has 0 aliphatic heterocycles. The third-order valence-electron chi connectivity index (χ3n) is 1.68. The number of nitrogens with zero attached hydrogens (tertiary/aromatic N) is 1. The summed E-state index contributed by atoms with van der Waals surface area (Å²) < 4.78 is 23.6. The van der Waals surface area contributed by atoms with E-state index in [9.17, 15) is 13.6 Å². The highest BCUT2D eigenvalue weighted by Gasteiger charge is 2.12. The van der Waals surface area contributed by atoms with Gasteiger partial charge in [-0.1, -0.05) is 0 Å². The van der Waals surface area contributed by atoms with Crippen molar-refractivity contribution in [1.82, 2.24) is 4.90 Å². The average Bonchev–Trinajstić information content (AvgIpc) is 2.03. The molecule has 0 bridgehead atoms. The SMILES string of the molecule is CN(CC(F)F)C(=O)CCCCN. The van der Waals surface area contributed by atoms with Gasteiger partial charge in [-0.25, -0.2) is 8.78 Å². The molecule has 0 aromatic rings. The van der Waals surface area contributed by atoms with Crippen LogP contribution in [0.2, 0.25) is 0 Å². The van der Waals surface area contributed by atoms with E-state index in [-0.39, 0.29) is 5.91 Å². The van der Waals surface area contributed by atoms with Gasteiger partial charge in [-0.15, -0.1) is 0 Å². The summed E-state index contributed by atoms with van der Waals surface area (Å²) in [6, 6.07) is 0. The van der Waals surface area contributed by atoms with Gasteiger partial charge in [-0.3, -0.25) is 4.79 Å². The monoisotopic (exact) mass is 194 g/mol. The predicted octanol–water partition coefficient (Wildman–Crippen LogP) is 0.839. The van der Waals surface area contributed by atoms with Crippen molar-refractivity contribution in [2.24, 2.45) is 5.73 Å². The highest BCUT2D eigenvalue weighted by Crippen LogP contribution is 2.01. The minimum absolute atomic E-state index is 0.242. The maximum Gasteiger partial charge on any atom is 0.255 e. The molecule has 0 spiro atoms. The van der Waals surface area contributed by atoms with E-state index in [1.807, 2.05) is 0 Å². The lowest BCUT2D eigenvalue weighted by Crippen LogP contribution is -2.31. The van der Waals surface area contributed by atoms with Gasteiger partial charge in [0.2, 0.25) is 5.91 Å². The molecule has 0 saturated carbocycles. The van der Waals surface area contributed by atoms with Crippen LogP contribution in [0.25, 0.3) is 0 Å². The summed E-state index contributed by atoms with van der Waals surface area (Å²) in [7, 11) is 1.39. The lowest BCUT2D eigenvalue weighted by atomic mass is 10.2. The van der Waals surface area contributed by atoms with Crippen LogP contribution in [0.15, 0.2) is 0 Å². The molecule has 1 amide bonds.